The normalized spacial score (nSPS) is 50.4. The molecule has 0 bridgehead atoms. The molecule has 11 rings (SSSR count). The molecule has 11 fully saturated rings. The highest BCUT2D eigenvalue weighted by atomic mass is 16.8. The third kappa shape index (κ3) is 23.2. The lowest BCUT2D eigenvalue weighted by Gasteiger charge is -2.52. The van der Waals surface area contributed by atoms with Gasteiger partial charge in [-0.25, -0.2) is 0 Å². The van der Waals surface area contributed by atoms with Gasteiger partial charge in [0.1, 0.15) is 250 Å². The first kappa shape index (κ1) is 106. The molecule has 11 aliphatic rings. The second-order valence-electron chi connectivity index (χ2n) is 33.3. The van der Waals surface area contributed by atoms with E-state index in [1.807, 2.05) is 0 Å². The molecule has 4 amide bonds. The Morgan fingerprint density at radius 1 is 0.246 bits per heavy atom. The van der Waals surface area contributed by atoms with Crippen LogP contribution < -0.4 is 21.3 Å². The summed E-state index contributed by atoms with van der Waals surface area (Å²) < 4.78 is 129. The van der Waals surface area contributed by atoms with Gasteiger partial charge in [-0.2, -0.15) is 0 Å². The quantitative estimate of drug-likeness (QED) is 0.0297. The maximum Gasteiger partial charge on any atom is 0.217 e. The molecule has 0 aromatic heterocycles. The average molecular weight is 1900 g/mol. The number of carbonyl (C=O) groups is 4. The second kappa shape index (κ2) is 46.1. The van der Waals surface area contributed by atoms with Gasteiger partial charge in [-0.1, -0.05) is 0 Å². The fraction of sp³-hybridized carbons (Fsp3) is 0.945. The molecule has 130 heavy (non-hydrogen) atoms. The van der Waals surface area contributed by atoms with E-state index in [-0.39, 0.29) is 0 Å². The second-order valence-corrected chi connectivity index (χ2v) is 33.3. The number of hydrogen-bond donors (Lipinski definition) is 32. The predicted octanol–water partition coefficient (Wildman–Crippen LogP) is -21.7. The highest BCUT2D eigenvalue weighted by Crippen LogP contribution is 2.43. The number of nitrogens with one attached hydrogen (secondary N) is 4. The zero-order valence-corrected chi connectivity index (χ0v) is 70.3. The minimum absolute atomic E-state index is 0.888. The highest BCUT2D eigenvalue weighted by Gasteiger charge is 2.63. The molecule has 0 aromatic carbocycles. The standard InChI is InChI=1S/C73H122N4O53/c1-16-35(90)45(100)51(106)68(112-16)124-56-29(13-84)120-66(34(77-21(6)88)58(56)126-70-53(108)47(102)39(94)24(8-79)116-70)128-60-48(103)40(95)25(9-80)117-71(60)111-15-30-42(97)59(127-72-61(49(104)41(96)26(10-81)118-72)129-64-31(74-18(3)85)43(98)38(93)23(7-78)115-64)62(130-67-50(105)37(92)22(89)14-110-67)73(121-30)122-54-27(11-82)119-65(32(44(54)99)75-19(4)86)123-55-28(12-83)114-63(109)33(76-20(5)87)57(55)125-69-52(107)46(101)36(91)17(2)113-69/h16-17,22-73,78-84,89-109H,7-15H2,1-6H3,(H,74,85)(H,75,86)(H,76,87)(H,77,88)/t16-,17-,22+,23+,24+,25+,26+,27+,28+,29+,30+,31+,32+,33+,34+,35+,36+,37-,38+,39-,40+,41+,42+,43+,44+,45+,46+,47-,48-,49-,50+,51-,52-,53+,54+,55+,56+,57+,58+,59-,60-,61-,62-,63+,64-,65-,66-,67-,68-,69-,70-,71-,72+,73-/m0/s1. The smallest absolute Gasteiger partial charge is 0.217 e. The zero-order valence-electron chi connectivity index (χ0n) is 70.3. The van der Waals surface area contributed by atoms with Gasteiger partial charge in [0.15, 0.2) is 69.2 Å². The number of rotatable bonds is 32. The van der Waals surface area contributed by atoms with Crippen molar-refractivity contribution in [2.75, 3.05) is 59.5 Å². The number of carbonyl (C=O) groups excluding carboxylic acids is 4. The maximum absolute atomic E-state index is 13.6. The molecule has 57 nitrogen and oxygen atoms in total. The summed E-state index contributed by atoms with van der Waals surface area (Å²) in [7, 11) is 0. The van der Waals surface area contributed by atoms with Gasteiger partial charge in [-0.05, 0) is 13.8 Å². The van der Waals surface area contributed by atoms with Crippen molar-refractivity contribution in [3.63, 3.8) is 0 Å². The van der Waals surface area contributed by atoms with Gasteiger partial charge in [-0.15, -0.1) is 0 Å². The Kier molecular flexibility index (Phi) is 37.7. The van der Waals surface area contributed by atoms with Gasteiger partial charge in [0.2, 0.25) is 23.6 Å². The van der Waals surface area contributed by atoms with Crippen molar-refractivity contribution in [2.45, 2.75) is 373 Å². The number of hydrogen-bond acceptors (Lipinski definition) is 53. The van der Waals surface area contributed by atoms with Gasteiger partial charge in [-0.3, -0.25) is 19.2 Å². The summed E-state index contributed by atoms with van der Waals surface area (Å²) >= 11 is 0. The molecule has 11 heterocycles. The van der Waals surface area contributed by atoms with Crippen molar-refractivity contribution < 1.29 is 262 Å². The minimum atomic E-state index is -2.63. The summed E-state index contributed by atoms with van der Waals surface area (Å²) in [6.07, 6.45) is -107. The summed E-state index contributed by atoms with van der Waals surface area (Å²) in [4.78, 5) is 52.8. The number of aliphatic hydroxyl groups excluding tert-OH is 28. The molecule has 11 saturated heterocycles. The molecule has 0 radical (unpaired) electrons. The molecular weight excluding hydrogens is 1780 g/mol. The van der Waals surface area contributed by atoms with Crippen LogP contribution in [0.5, 0.6) is 0 Å². The van der Waals surface area contributed by atoms with Crippen molar-refractivity contribution in [2.24, 2.45) is 0 Å². The average Bonchev–Trinajstić information content (AvgIpc) is 0.753. The third-order valence-electron chi connectivity index (χ3n) is 24.1. The van der Waals surface area contributed by atoms with Crippen LogP contribution in [-0.2, 0) is 119 Å². The van der Waals surface area contributed by atoms with Crippen molar-refractivity contribution in [3.8, 4) is 0 Å². The summed E-state index contributed by atoms with van der Waals surface area (Å²) in [5, 5.41) is 325. The fourth-order valence-corrected chi connectivity index (χ4v) is 17.0. The van der Waals surface area contributed by atoms with Gasteiger partial charge in [0, 0.05) is 27.7 Å². The zero-order chi connectivity index (χ0) is 95.5. The Morgan fingerprint density at radius 2 is 0.554 bits per heavy atom. The van der Waals surface area contributed by atoms with Crippen LogP contribution in [0.4, 0.5) is 0 Å². The number of amides is 4. The first-order valence-electron chi connectivity index (χ1n) is 41.8. The molecule has 54 atom stereocenters. The number of aliphatic hydroxyl groups is 28. The molecule has 32 N–H and O–H groups in total. The van der Waals surface area contributed by atoms with Crippen LogP contribution in [0.3, 0.4) is 0 Å². The van der Waals surface area contributed by atoms with E-state index in [0.717, 1.165) is 27.7 Å². The van der Waals surface area contributed by atoms with Crippen molar-refractivity contribution in [3.05, 3.63) is 0 Å². The molecule has 11 aliphatic heterocycles. The van der Waals surface area contributed by atoms with E-state index in [4.69, 9.17) is 99.5 Å². The van der Waals surface area contributed by atoms with Gasteiger partial charge in [0.25, 0.3) is 0 Å². The van der Waals surface area contributed by atoms with Gasteiger partial charge in [0.05, 0.1) is 71.7 Å². The van der Waals surface area contributed by atoms with E-state index in [9.17, 15) is 162 Å². The topological polar surface area (TPSA) is 877 Å². The van der Waals surface area contributed by atoms with Gasteiger partial charge >= 0.3 is 0 Å². The van der Waals surface area contributed by atoms with E-state index >= 15 is 0 Å². The van der Waals surface area contributed by atoms with Crippen LogP contribution in [0.15, 0.2) is 0 Å². The van der Waals surface area contributed by atoms with Crippen molar-refractivity contribution in [1.29, 1.82) is 0 Å². The van der Waals surface area contributed by atoms with E-state index in [0.29, 0.717) is 0 Å². The summed E-state index contributed by atoms with van der Waals surface area (Å²) in [5.74, 6) is -3.90. The lowest BCUT2D eigenvalue weighted by atomic mass is 9.93. The summed E-state index contributed by atoms with van der Waals surface area (Å²) in [6, 6.07) is -7.90. The molecule has 0 spiro atoms. The van der Waals surface area contributed by atoms with Crippen molar-refractivity contribution in [1.82, 2.24) is 21.3 Å². The van der Waals surface area contributed by atoms with Crippen LogP contribution in [0, 0.1) is 0 Å². The molecule has 0 aliphatic carbocycles. The molecule has 57 heteroatoms. The first-order valence-corrected chi connectivity index (χ1v) is 41.8. The molecule has 0 unspecified atom stereocenters. The molecule has 0 aromatic rings. The van der Waals surface area contributed by atoms with Crippen LogP contribution in [0.1, 0.15) is 41.5 Å². The van der Waals surface area contributed by atoms with E-state index < -0.39 is 415 Å². The Balaban J connectivity index is 1.01. The van der Waals surface area contributed by atoms with Crippen molar-refractivity contribution >= 4 is 23.6 Å². The molecule has 0 saturated carbocycles. The van der Waals surface area contributed by atoms with Crippen LogP contribution in [0.2, 0.25) is 0 Å². The van der Waals surface area contributed by atoms with E-state index in [1.165, 1.54) is 13.8 Å². The minimum Gasteiger partial charge on any atom is -0.394 e. The lowest BCUT2D eigenvalue weighted by molar-refractivity contribution is -0.412. The monoisotopic (exact) mass is 1900 g/mol. The van der Waals surface area contributed by atoms with Crippen LogP contribution >= 0.6 is 0 Å². The van der Waals surface area contributed by atoms with E-state index in [1.54, 1.807) is 0 Å². The van der Waals surface area contributed by atoms with Crippen LogP contribution in [-0.4, -0.2) is 557 Å². The highest BCUT2D eigenvalue weighted by molar-refractivity contribution is 5.74. The Hall–Kier alpha value is -4.08. The summed E-state index contributed by atoms with van der Waals surface area (Å²) in [5.41, 5.74) is 0. The van der Waals surface area contributed by atoms with E-state index in [2.05, 4.69) is 21.3 Å². The van der Waals surface area contributed by atoms with Gasteiger partial charge < -0.3 is 264 Å². The summed E-state index contributed by atoms with van der Waals surface area (Å²) in [6.45, 7) is -4.35. The van der Waals surface area contributed by atoms with Crippen LogP contribution in [0.25, 0.3) is 0 Å². The SMILES string of the molecule is CC(=O)N[C@@H]1[C@@H](O[C@@H]2O[C@@H](C)[C@@H](O)[C@@H](O)[C@@H]2O)[C@H](O[C@@H]2O[C@H](CO)[C@@H](O[C@@H]3O[C@H](CO[C@H]4O[C@H](CO)[C@@H](O)[C@H](O)[C@@H]4O[C@@H]4O[C@H](CO)[C@@H](O[C@@H]5O[C@@H](C)[C@@H](O)[C@@H](O)[C@@H]5O)[C@H](O[C@@H]5O[C@H](CO)[C@H](O)[C@H](O)[C@H]5O)[C@H]4NC(C)=O)[C@@H](O)[C@H](O[C@H]4O[C@H](CO)[C@@H](O)[C@H](O)[C@@H]4O[C@@H]4O[C@H](CO)[C@@H](O)[C@H](O)[C@H]4NC(C)=O)[C@@H]3O[C@@H]3OC[C@@H](O)[C@H](O)[C@H]3O)[C@H](O)[C@H]2NC(C)=O)[C@@H](CO)O[C@H]1O. The number of ether oxygens (including phenoxy) is 21. The lowest BCUT2D eigenvalue weighted by Crippen LogP contribution is -2.72. The Morgan fingerprint density at radius 3 is 1.04 bits per heavy atom. The first-order chi connectivity index (χ1) is 61.5. The Bertz CT molecular complexity index is 3560. The largest absolute Gasteiger partial charge is 0.394 e. The third-order valence-corrected chi connectivity index (χ3v) is 24.1. The fourth-order valence-electron chi connectivity index (χ4n) is 17.0. The molecular formula is C73H122N4O53. The molecule has 752 valence electrons. The predicted molar refractivity (Wildman–Crippen MR) is 400 cm³/mol. The maximum atomic E-state index is 13.6. The Labute approximate surface area is 736 Å².